The number of hydrogen-bond acceptors (Lipinski definition) is 4. The van der Waals surface area contributed by atoms with Crippen LogP contribution in [0.3, 0.4) is 0 Å². The Kier molecular flexibility index (Phi) is 4.03. The molecule has 3 unspecified atom stereocenters. The Balaban J connectivity index is 1.61. The van der Waals surface area contributed by atoms with Gasteiger partial charge in [-0.25, -0.2) is 4.68 Å². The molecule has 0 aliphatic heterocycles. The molecule has 1 N–H and O–H groups in total. The van der Waals surface area contributed by atoms with Crippen LogP contribution in [-0.2, 0) is 4.79 Å². The van der Waals surface area contributed by atoms with E-state index in [0.29, 0.717) is 11.8 Å². The average molecular weight is 289 g/mol. The summed E-state index contributed by atoms with van der Waals surface area (Å²) >= 11 is 0. The van der Waals surface area contributed by atoms with Gasteiger partial charge < -0.3 is 5.32 Å². The van der Waals surface area contributed by atoms with E-state index in [4.69, 9.17) is 0 Å². The van der Waals surface area contributed by atoms with Gasteiger partial charge in [0.25, 0.3) is 0 Å². The highest BCUT2D eigenvalue weighted by atomic mass is 16.2. The second-order valence-corrected chi connectivity index (χ2v) is 6.41. The molecule has 0 spiro atoms. The molecule has 1 amide bonds. The quantitative estimate of drug-likeness (QED) is 0.807. The van der Waals surface area contributed by atoms with Crippen LogP contribution >= 0.6 is 0 Å². The van der Waals surface area contributed by atoms with E-state index < -0.39 is 0 Å². The Morgan fingerprint density at radius 1 is 1.43 bits per heavy atom. The highest BCUT2D eigenvalue weighted by Crippen LogP contribution is 2.43. The first-order chi connectivity index (χ1) is 10.2. The first-order valence-corrected chi connectivity index (χ1v) is 7.87. The Hall–Kier alpha value is -1.72. The van der Waals surface area contributed by atoms with Crippen molar-refractivity contribution in [3.63, 3.8) is 0 Å². The molecule has 0 radical (unpaired) electrons. The molecule has 114 valence electrons. The maximum atomic E-state index is 12.6. The van der Waals surface area contributed by atoms with Gasteiger partial charge in [0.1, 0.15) is 12.4 Å². The summed E-state index contributed by atoms with van der Waals surface area (Å²) in [6.07, 6.45) is 9.55. The number of tetrazole rings is 1. The zero-order valence-electron chi connectivity index (χ0n) is 12.6. The number of allylic oxidation sites excluding steroid dienone is 2. The van der Waals surface area contributed by atoms with E-state index in [0.717, 1.165) is 18.9 Å². The van der Waals surface area contributed by atoms with Gasteiger partial charge in [-0.3, -0.25) is 4.79 Å². The standard InChI is InChI=1S/C15H23N5O/c1-3-10(2)14(20-9-17-18-19-20)15(21)16-8-13-7-11-4-5-12(13)6-11/h4-5,9-14H,3,6-8H2,1-2H3,(H,16,21)/t10-,11?,12?,13?,14-/m0/s1. The minimum absolute atomic E-state index is 0.0309. The van der Waals surface area contributed by atoms with Gasteiger partial charge in [0, 0.05) is 6.54 Å². The fraction of sp³-hybridized carbons (Fsp3) is 0.733. The van der Waals surface area contributed by atoms with Crippen LogP contribution in [-0.4, -0.2) is 32.7 Å². The van der Waals surface area contributed by atoms with E-state index in [-0.39, 0.29) is 17.9 Å². The maximum absolute atomic E-state index is 12.6. The second kappa shape index (κ2) is 5.95. The molecular weight excluding hydrogens is 266 g/mol. The van der Waals surface area contributed by atoms with Crippen LogP contribution in [0, 0.1) is 23.7 Å². The van der Waals surface area contributed by atoms with Gasteiger partial charge in [-0.2, -0.15) is 0 Å². The number of carbonyl (C=O) groups excluding carboxylic acids is 1. The lowest BCUT2D eigenvalue weighted by molar-refractivity contribution is -0.126. The lowest BCUT2D eigenvalue weighted by Crippen LogP contribution is -2.39. The third kappa shape index (κ3) is 2.84. The molecule has 3 rings (SSSR count). The smallest absolute Gasteiger partial charge is 0.245 e. The summed E-state index contributed by atoms with van der Waals surface area (Å²) in [6.45, 7) is 4.90. The molecule has 1 saturated carbocycles. The van der Waals surface area contributed by atoms with Crippen LogP contribution in [0.25, 0.3) is 0 Å². The van der Waals surface area contributed by atoms with Crippen LogP contribution in [0.2, 0.25) is 0 Å². The van der Waals surface area contributed by atoms with Crippen molar-refractivity contribution in [1.82, 2.24) is 25.5 Å². The van der Waals surface area contributed by atoms with Crippen molar-refractivity contribution in [1.29, 1.82) is 0 Å². The third-order valence-electron chi connectivity index (χ3n) is 5.06. The molecule has 6 heteroatoms. The Bertz CT molecular complexity index is 512. The molecule has 0 aromatic carbocycles. The topological polar surface area (TPSA) is 72.7 Å². The zero-order chi connectivity index (χ0) is 14.8. The lowest BCUT2D eigenvalue weighted by atomic mass is 9.93. The largest absolute Gasteiger partial charge is 0.354 e. The average Bonchev–Trinajstić information content (AvgIpc) is 3.22. The third-order valence-corrected chi connectivity index (χ3v) is 5.06. The Morgan fingerprint density at radius 2 is 2.29 bits per heavy atom. The first-order valence-electron chi connectivity index (χ1n) is 7.87. The normalized spacial score (nSPS) is 29.5. The summed E-state index contributed by atoms with van der Waals surface area (Å²) in [5.74, 6) is 2.22. The molecule has 0 saturated heterocycles. The minimum atomic E-state index is -0.320. The number of amides is 1. The van der Waals surface area contributed by atoms with Crippen molar-refractivity contribution >= 4 is 5.91 Å². The molecular formula is C15H23N5O. The maximum Gasteiger partial charge on any atom is 0.245 e. The predicted octanol–water partition coefficient (Wildman–Crippen LogP) is 1.59. The number of hydrogen-bond donors (Lipinski definition) is 1. The van der Waals surface area contributed by atoms with E-state index in [9.17, 15) is 4.79 Å². The molecule has 21 heavy (non-hydrogen) atoms. The number of nitrogens with zero attached hydrogens (tertiary/aromatic N) is 4. The summed E-state index contributed by atoms with van der Waals surface area (Å²) in [5.41, 5.74) is 0. The first kappa shape index (κ1) is 14.2. The van der Waals surface area contributed by atoms with Crippen LogP contribution in [0.1, 0.15) is 39.2 Å². The molecule has 1 aromatic heterocycles. The molecule has 2 aliphatic carbocycles. The Morgan fingerprint density at radius 3 is 2.86 bits per heavy atom. The molecule has 5 atom stereocenters. The van der Waals surface area contributed by atoms with Crippen LogP contribution < -0.4 is 5.32 Å². The van der Waals surface area contributed by atoms with Crippen LogP contribution in [0.5, 0.6) is 0 Å². The molecule has 2 aliphatic rings. The summed E-state index contributed by atoms with van der Waals surface area (Å²) < 4.78 is 1.57. The van der Waals surface area contributed by atoms with Gasteiger partial charge in [-0.15, -0.1) is 5.10 Å². The van der Waals surface area contributed by atoms with Crippen molar-refractivity contribution in [2.24, 2.45) is 23.7 Å². The Labute approximate surface area is 125 Å². The van der Waals surface area contributed by atoms with Crippen molar-refractivity contribution in [3.05, 3.63) is 18.5 Å². The fourth-order valence-corrected chi connectivity index (χ4v) is 3.62. The number of fused-ring (bicyclic) bond motifs is 2. The molecule has 1 fully saturated rings. The van der Waals surface area contributed by atoms with Crippen molar-refractivity contribution in [2.45, 2.75) is 39.2 Å². The second-order valence-electron chi connectivity index (χ2n) is 6.41. The van der Waals surface area contributed by atoms with E-state index in [1.807, 2.05) is 0 Å². The highest BCUT2D eigenvalue weighted by molar-refractivity contribution is 5.80. The predicted molar refractivity (Wildman–Crippen MR) is 78.2 cm³/mol. The number of aromatic nitrogens is 4. The number of carbonyl (C=O) groups is 1. The number of rotatable bonds is 6. The summed E-state index contributed by atoms with van der Waals surface area (Å²) in [7, 11) is 0. The molecule has 1 aromatic rings. The zero-order valence-corrected chi connectivity index (χ0v) is 12.6. The molecule has 2 bridgehead atoms. The van der Waals surface area contributed by atoms with E-state index >= 15 is 0 Å². The molecule has 6 nitrogen and oxygen atoms in total. The summed E-state index contributed by atoms with van der Waals surface area (Å²) in [4.78, 5) is 12.6. The monoisotopic (exact) mass is 289 g/mol. The van der Waals surface area contributed by atoms with Gasteiger partial charge in [0.05, 0.1) is 0 Å². The highest BCUT2D eigenvalue weighted by Gasteiger charge is 2.36. The van der Waals surface area contributed by atoms with Gasteiger partial charge in [0.15, 0.2) is 0 Å². The lowest BCUT2D eigenvalue weighted by Gasteiger charge is -2.24. The summed E-state index contributed by atoms with van der Waals surface area (Å²) in [5, 5.41) is 14.3. The van der Waals surface area contributed by atoms with Gasteiger partial charge in [-0.1, -0.05) is 32.4 Å². The van der Waals surface area contributed by atoms with Gasteiger partial charge >= 0.3 is 0 Å². The van der Waals surface area contributed by atoms with Crippen LogP contribution in [0.4, 0.5) is 0 Å². The van der Waals surface area contributed by atoms with Crippen molar-refractivity contribution in [3.8, 4) is 0 Å². The van der Waals surface area contributed by atoms with Crippen LogP contribution in [0.15, 0.2) is 18.5 Å². The van der Waals surface area contributed by atoms with E-state index in [1.165, 1.54) is 19.2 Å². The van der Waals surface area contributed by atoms with Crippen molar-refractivity contribution in [2.75, 3.05) is 6.54 Å². The van der Waals surface area contributed by atoms with Gasteiger partial charge in [0.2, 0.25) is 5.91 Å². The summed E-state index contributed by atoms with van der Waals surface area (Å²) in [6, 6.07) is -0.320. The fourth-order valence-electron chi connectivity index (χ4n) is 3.62. The minimum Gasteiger partial charge on any atom is -0.354 e. The van der Waals surface area contributed by atoms with E-state index in [2.05, 4.69) is 46.8 Å². The SMILES string of the molecule is CC[C@H](C)[C@@H](C(=O)NCC1CC2C=CC1C2)n1cnnn1. The van der Waals surface area contributed by atoms with Gasteiger partial charge in [-0.05, 0) is 46.9 Å². The number of nitrogens with one attached hydrogen (secondary N) is 1. The molecule has 1 heterocycles. The van der Waals surface area contributed by atoms with E-state index in [1.54, 1.807) is 4.68 Å². The van der Waals surface area contributed by atoms with Crippen molar-refractivity contribution < 1.29 is 4.79 Å².